The molecule has 4 nitrogen and oxygen atoms in total. The van der Waals surface area contributed by atoms with E-state index in [1.54, 1.807) is 0 Å². The van der Waals surface area contributed by atoms with Gasteiger partial charge in [-0.05, 0) is 33.9 Å². The molecule has 0 saturated carbocycles. The smallest absolute Gasteiger partial charge is 0.0682 e. The minimum Gasteiger partial charge on any atom is -0.393 e. The number of rotatable bonds is 5. The third-order valence-electron chi connectivity index (χ3n) is 2.92. The summed E-state index contributed by atoms with van der Waals surface area (Å²) in [6.07, 6.45) is 1.21. The predicted molar refractivity (Wildman–Crippen MR) is 60.8 cm³/mol. The van der Waals surface area contributed by atoms with Crippen molar-refractivity contribution >= 4 is 0 Å². The lowest BCUT2D eigenvalue weighted by molar-refractivity contribution is 0.135. The van der Waals surface area contributed by atoms with Crippen molar-refractivity contribution in [3.63, 3.8) is 0 Å². The first-order valence-electron chi connectivity index (χ1n) is 5.74. The van der Waals surface area contributed by atoms with E-state index in [-0.39, 0.29) is 12.2 Å². The molecular formula is C11H24N2O2. The molecule has 3 atom stereocenters. The van der Waals surface area contributed by atoms with Gasteiger partial charge in [-0.15, -0.1) is 0 Å². The Labute approximate surface area is 92.5 Å². The van der Waals surface area contributed by atoms with Crippen LogP contribution in [-0.2, 0) is 0 Å². The molecule has 0 spiro atoms. The Morgan fingerprint density at radius 3 is 2.67 bits per heavy atom. The zero-order valence-corrected chi connectivity index (χ0v) is 10.1. The Bertz CT molecular complexity index is 185. The van der Waals surface area contributed by atoms with Crippen LogP contribution in [0.4, 0.5) is 0 Å². The van der Waals surface area contributed by atoms with E-state index in [0.717, 1.165) is 32.5 Å². The highest BCUT2D eigenvalue weighted by molar-refractivity contribution is 4.86. The molecule has 90 valence electrons. The Balaban J connectivity index is 2.38. The highest BCUT2D eigenvalue weighted by atomic mass is 16.3. The van der Waals surface area contributed by atoms with E-state index < -0.39 is 0 Å². The summed E-state index contributed by atoms with van der Waals surface area (Å²) in [5, 5.41) is 18.9. The number of nitrogens with zero attached hydrogens (tertiary/aromatic N) is 2. The third-order valence-corrected chi connectivity index (χ3v) is 2.92. The van der Waals surface area contributed by atoms with Crippen molar-refractivity contribution in [3.8, 4) is 0 Å². The third kappa shape index (κ3) is 4.47. The van der Waals surface area contributed by atoms with Gasteiger partial charge in [-0.2, -0.15) is 0 Å². The summed E-state index contributed by atoms with van der Waals surface area (Å²) < 4.78 is 0. The van der Waals surface area contributed by atoms with E-state index >= 15 is 0 Å². The molecule has 0 amide bonds. The molecule has 0 bridgehead atoms. The molecule has 1 aliphatic rings. The largest absolute Gasteiger partial charge is 0.393 e. The van der Waals surface area contributed by atoms with E-state index in [9.17, 15) is 10.2 Å². The van der Waals surface area contributed by atoms with Crippen molar-refractivity contribution in [2.75, 3.05) is 33.7 Å². The first-order valence-corrected chi connectivity index (χ1v) is 5.74. The fraction of sp³-hybridized carbons (Fsp3) is 1.00. The summed E-state index contributed by atoms with van der Waals surface area (Å²) in [7, 11) is 4.11. The molecule has 0 aromatic rings. The molecule has 1 heterocycles. The Morgan fingerprint density at radius 1 is 1.47 bits per heavy atom. The lowest BCUT2D eigenvalue weighted by Gasteiger charge is -2.26. The summed E-state index contributed by atoms with van der Waals surface area (Å²) in [4.78, 5) is 4.44. The SMILES string of the molecule is CC(O)CCN1CC(O)CC1CN(C)C. The van der Waals surface area contributed by atoms with Gasteiger partial charge >= 0.3 is 0 Å². The molecule has 1 saturated heterocycles. The molecule has 1 rings (SSSR count). The minimum atomic E-state index is -0.247. The van der Waals surface area contributed by atoms with Gasteiger partial charge in [-0.1, -0.05) is 0 Å². The number of hydrogen-bond donors (Lipinski definition) is 2. The van der Waals surface area contributed by atoms with Gasteiger partial charge in [0, 0.05) is 25.7 Å². The Hall–Kier alpha value is -0.160. The summed E-state index contributed by atoms with van der Waals surface area (Å²) in [5.41, 5.74) is 0. The first-order chi connectivity index (χ1) is 6.99. The normalized spacial score (nSPS) is 30.0. The second-order valence-corrected chi connectivity index (χ2v) is 4.94. The number of likely N-dealkylation sites (tertiary alicyclic amines) is 1. The lowest BCUT2D eigenvalue weighted by Crippen LogP contribution is -2.38. The Morgan fingerprint density at radius 2 is 2.13 bits per heavy atom. The fourth-order valence-electron chi connectivity index (χ4n) is 2.20. The molecule has 4 heteroatoms. The molecular weight excluding hydrogens is 192 g/mol. The molecule has 2 N–H and O–H groups in total. The van der Waals surface area contributed by atoms with Gasteiger partial charge < -0.3 is 15.1 Å². The highest BCUT2D eigenvalue weighted by Crippen LogP contribution is 2.18. The van der Waals surface area contributed by atoms with Crippen LogP contribution in [0, 0.1) is 0 Å². The molecule has 15 heavy (non-hydrogen) atoms. The minimum absolute atomic E-state index is 0.191. The van der Waals surface area contributed by atoms with Gasteiger partial charge in [-0.3, -0.25) is 4.90 Å². The first kappa shape index (κ1) is 12.9. The predicted octanol–water partition coefficient (Wildman–Crippen LogP) is -0.246. The van der Waals surface area contributed by atoms with Crippen molar-refractivity contribution in [1.82, 2.24) is 9.80 Å². The lowest BCUT2D eigenvalue weighted by atomic mass is 10.2. The van der Waals surface area contributed by atoms with Crippen LogP contribution in [0.3, 0.4) is 0 Å². The van der Waals surface area contributed by atoms with Crippen molar-refractivity contribution in [1.29, 1.82) is 0 Å². The van der Waals surface area contributed by atoms with Crippen molar-refractivity contribution in [2.24, 2.45) is 0 Å². The van der Waals surface area contributed by atoms with Crippen LogP contribution in [0.1, 0.15) is 19.8 Å². The molecule has 0 radical (unpaired) electrons. The van der Waals surface area contributed by atoms with Gasteiger partial charge in [-0.25, -0.2) is 0 Å². The van der Waals surface area contributed by atoms with Gasteiger partial charge in [0.25, 0.3) is 0 Å². The van der Waals surface area contributed by atoms with E-state index in [4.69, 9.17) is 0 Å². The van der Waals surface area contributed by atoms with Crippen molar-refractivity contribution in [2.45, 2.75) is 38.0 Å². The number of β-amino-alcohol motifs (C(OH)–C–C–N with tert-alkyl or cyclic N) is 1. The second-order valence-electron chi connectivity index (χ2n) is 4.94. The molecule has 1 fully saturated rings. The van der Waals surface area contributed by atoms with E-state index in [2.05, 4.69) is 23.9 Å². The molecule has 0 aromatic heterocycles. The van der Waals surface area contributed by atoms with Crippen LogP contribution < -0.4 is 0 Å². The van der Waals surface area contributed by atoms with Crippen LogP contribution in [0.2, 0.25) is 0 Å². The van der Waals surface area contributed by atoms with Crippen LogP contribution in [0.25, 0.3) is 0 Å². The number of aliphatic hydroxyl groups is 2. The van der Waals surface area contributed by atoms with Gasteiger partial charge in [0.05, 0.1) is 12.2 Å². The van der Waals surface area contributed by atoms with Crippen molar-refractivity contribution in [3.05, 3.63) is 0 Å². The van der Waals surface area contributed by atoms with E-state index in [0.29, 0.717) is 6.04 Å². The summed E-state index contributed by atoms with van der Waals surface area (Å²) in [6, 6.07) is 0.439. The molecule has 3 unspecified atom stereocenters. The zero-order chi connectivity index (χ0) is 11.4. The van der Waals surface area contributed by atoms with Crippen LogP contribution in [-0.4, -0.2) is 72.0 Å². The zero-order valence-electron chi connectivity index (χ0n) is 10.1. The molecule has 0 aliphatic carbocycles. The Kier molecular flexibility index (Phi) is 4.99. The highest BCUT2D eigenvalue weighted by Gasteiger charge is 2.30. The number of likely N-dealkylation sites (N-methyl/N-ethyl adjacent to an activating group) is 1. The maximum Gasteiger partial charge on any atom is 0.0682 e. The summed E-state index contributed by atoms with van der Waals surface area (Å²) in [6.45, 7) is 4.43. The standard InChI is InChI=1S/C11H24N2O2/c1-9(14)4-5-13-8-11(15)6-10(13)7-12(2)3/h9-11,14-15H,4-8H2,1-3H3. The van der Waals surface area contributed by atoms with Crippen LogP contribution >= 0.6 is 0 Å². The maximum absolute atomic E-state index is 9.63. The average molecular weight is 216 g/mol. The topological polar surface area (TPSA) is 46.9 Å². The quantitative estimate of drug-likeness (QED) is 0.665. The summed E-state index contributed by atoms with van der Waals surface area (Å²) >= 11 is 0. The average Bonchev–Trinajstić information content (AvgIpc) is 2.41. The van der Waals surface area contributed by atoms with Crippen LogP contribution in [0.15, 0.2) is 0 Å². The van der Waals surface area contributed by atoms with Gasteiger partial charge in [0.2, 0.25) is 0 Å². The summed E-state index contributed by atoms with van der Waals surface area (Å²) in [5.74, 6) is 0. The van der Waals surface area contributed by atoms with Crippen LogP contribution in [0.5, 0.6) is 0 Å². The molecule has 1 aliphatic heterocycles. The fourth-order valence-corrected chi connectivity index (χ4v) is 2.20. The van der Waals surface area contributed by atoms with Gasteiger partial charge in [0.15, 0.2) is 0 Å². The van der Waals surface area contributed by atoms with Gasteiger partial charge in [0.1, 0.15) is 0 Å². The number of aliphatic hydroxyl groups excluding tert-OH is 2. The van der Waals surface area contributed by atoms with E-state index in [1.165, 1.54) is 0 Å². The number of hydrogen-bond acceptors (Lipinski definition) is 4. The second kappa shape index (κ2) is 5.80. The molecule has 0 aromatic carbocycles. The van der Waals surface area contributed by atoms with Crippen molar-refractivity contribution < 1.29 is 10.2 Å². The monoisotopic (exact) mass is 216 g/mol. The maximum atomic E-state index is 9.63. The van der Waals surface area contributed by atoms with E-state index in [1.807, 2.05) is 6.92 Å².